The first-order valence-corrected chi connectivity index (χ1v) is 13.5. The minimum absolute atomic E-state index is 0.000746. The Hall–Kier alpha value is -4.35. The number of likely N-dealkylation sites (tertiary alicyclic amines) is 1. The summed E-state index contributed by atoms with van der Waals surface area (Å²) < 4.78 is 16.1. The van der Waals surface area contributed by atoms with Crippen LogP contribution in [0.15, 0.2) is 49.1 Å². The van der Waals surface area contributed by atoms with Crippen LogP contribution in [0.2, 0.25) is 0 Å². The van der Waals surface area contributed by atoms with Gasteiger partial charge in [0.15, 0.2) is 17.4 Å². The van der Waals surface area contributed by atoms with E-state index in [1.165, 1.54) is 31.1 Å². The zero-order chi connectivity index (χ0) is 26.5. The van der Waals surface area contributed by atoms with E-state index in [1.54, 1.807) is 24.7 Å². The van der Waals surface area contributed by atoms with E-state index in [1.807, 2.05) is 24.4 Å². The molecule has 7 heterocycles. The average Bonchev–Trinajstić information content (AvgIpc) is 3.74. The molecule has 0 atom stereocenters. The van der Waals surface area contributed by atoms with Gasteiger partial charge in [-0.15, -0.1) is 11.3 Å². The maximum absolute atomic E-state index is 16.1. The van der Waals surface area contributed by atoms with Crippen molar-refractivity contribution < 1.29 is 9.18 Å². The summed E-state index contributed by atoms with van der Waals surface area (Å²) >= 11 is 1.37. The van der Waals surface area contributed by atoms with Crippen molar-refractivity contribution in [3.63, 3.8) is 0 Å². The number of Topliss-reactive ketones (excluding diaryl/α,β-unsaturated/α-hetero) is 1. The van der Waals surface area contributed by atoms with Crippen molar-refractivity contribution in [1.29, 1.82) is 0 Å². The molecule has 0 radical (unpaired) electrons. The zero-order valence-electron chi connectivity index (χ0n) is 21.0. The van der Waals surface area contributed by atoms with Gasteiger partial charge in [0.1, 0.15) is 22.6 Å². The molecule has 0 spiro atoms. The summed E-state index contributed by atoms with van der Waals surface area (Å²) in [4.78, 5) is 37.0. The van der Waals surface area contributed by atoms with Crippen molar-refractivity contribution in [2.45, 2.75) is 26.3 Å². The van der Waals surface area contributed by atoms with Gasteiger partial charge in [0, 0.05) is 30.7 Å². The van der Waals surface area contributed by atoms with Gasteiger partial charge in [-0.2, -0.15) is 5.10 Å². The Bertz CT molecular complexity index is 1870. The fourth-order valence-corrected chi connectivity index (χ4v) is 6.03. The molecule has 0 bridgehead atoms. The van der Waals surface area contributed by atoms with Crippen LogP contribution in [0.3, 0.4) is 0 Å². The van der Waals surface area contributed by atoms with Gasteiger partial charge in [0.2, 0.25) is 0 Å². The molecule has 39 heavy (non-hydrogen) atoms. The first kappa shape index (κ1) is 23.7. The number of aromatic nitrogens is 7. The zero-order valence-corrected chi connectivity index (χ0v) is 21.8. The molecule has 1 fully saturated rings. The Morgan fingerprint density at radius 2 is 1.92 bits per heavy atom. The van der Waals surface area contributed by atoms with Crippen LogP contribution in [0.4, 0.5) is 4.39 Å². The molecular formula is C28H23FN8OS. The van der Waals surface area contributed by atoms with Crippen molar-refractivity contribution in [3.05, 3.63) is 65.3 Å². The van der Waals surface area contributed by atoms with Gasteiger partial charge >= 0.3 is 0 Å². The summed E-state index contributed by atoms with van der Waals surface area (Å²) in [5.74, 6) is -0.0776. The molecule has 7 rings (SSSR count). The number of aromatic amines is 2. The Labute approximate surface area is 226 Å². The number of imidazole rings is 1. The second-order valence-electron chi connectivity index (χ2n) is 9.71. The predicted molar refractivity (Wildman–Crippen MR) is 148 cm³/mol. The quantitative estimate of drug-likeness (QED) is 0.264. The van der Waals surface area contributed by atoms with E-state index in [2.05, 4.69) is 35.0 Å². The molecule has 0 aliphatic carbocycles. The van der Waals surface area contributed by atoms with E-state index in [9.17, 15) is 4.79 Å². The molecule has 0 saturated carbocycles. The lowest BCUT2D eigenvalue weighted by molar-refractivity contribution is 0.102. The summed E-state index contributed by atoms with van der Waals surface area (Å²) in [6.07, 6.45) is 9.14. The van der Waals surface area contributed by atoms with Crippen molar-refractivity contribution in [1.82, 2.24) is 40.0 Å². The Balaban J connectivity index is 1.30. The number of carbonyl (C=O) groups excluding carboxylic acids is 1. The van der Waals surface area contributed by atoms with Crippen LogP contribution in [0.25, 0.3) is 55.3 Å². The second kappa shape index (κ2) is 9.44. The first-order valence-electron chi connectivity index (χ1n) is 12.7. The van der Waals surface area contributed by atoms with E-state index in [0.717, 1.165) is 35.6 Å². The third-order valence-electron chi connectivity index (χ3n) is 7.03. The highest BCUT2D eigenvalue weighted by molar-refractivity contribution is 7.17. The molecule has 6 aromatic rings. The van der Waals surface area contributed by atoms with Crippen LogP contribution >= 0.6 is 11.3 Å². The fourth-order valence-electron chi connectivity index (χ4n) is 5.13. The lowest BCUT2D eigenvalue weighted by Crippen LogP contribution is -2.18. The highest BCUT2D eigenvalue weighted by Crippen LogP contribution is 2.35. The van der Waals surface area contributed by atoms with Crippen LogP contribution in [-0.4, -0.2) is 58.9 Å². The summed E-state index contributed by atoms with van der Waals surface area (Å²) in [5.41, 5.74) is 4.69. The number of fused-ring (bicyclic) bond motifs is 2. The predicted octanol–water partition coefficient (Wildman–Crippen LogP) is 5.62. The standard InChI is InChI=1S/C28H23FN8OS/c1-15(38)20-4-5-21(39-20)26-25-18(6-7-31-26)33-28(34-25)27-22-19(35-36-27)13-32-24(23(22)29)17-10-16(11-30-12-17)14-37-8-2-3-9-37/h4-7,10-13H,2-3,8-9,14H2,1H3,(H,33,34)(H,35,36). The van der Waals surface area contributed by atoms with Gasteiger partial charge in [0.05, 0.1) is 32.4 Å². The molecule has 2 N–H and O–H groups in total. The average molecular weight is 539 g/mol. The topological polar surface area (TPSA) is 116 Å². The number of rotatable bonds is 6. The van der Waals surface area contributed by atoms with E-state index in [-0.39, 0.29) is 11.5 Å². The van der Waals surface area contributed by atoms with Gasteiger partial charge in [-0.3, -0.25) is 29.7 Å². The Morgan fingerprint density at radius 3 is 2.74 bits per heavy atom. The number of nitrogens with one attached hydrogen (secondary N) is 2. The minimum Gasteiger partial charge on any atom is -0.336 e. The molecule has 0 unspecified atom stereocenters. The van der Waals surface area contributed by atoms with Crippen LogP contribution < -0.4 is 0 Å². The number of nitrogens with zero attached hydrogens (tertiary/aromatic N) is 6. The van der Waals surface area contributed by atoms with Gasteiger partial charge in [-0.1, -0.05) is 0 Å². The summed E-state index contributed by atoms with van der Waals surface area (Å²) in [7, 11) is 0. The number of pyridine rings is 3. The van der Waals surface area contributed by atoms with E-state index >= 15 is 4.39 Å². The summed E-state index contributed by atoms with van der Waals surface area (Å²) in [6.45, 7) is 4.46. The molecule has 1 aliphatic rings. The largest absolute Gasteiger partial charge is 0.336 e. The third-order valence-corrected chi connectivity index (χ3v) is 8.22. The third kappa shape index (κ3) is 4.19. The number of hydrogen-bond donors (Lipinski definition) is 2. The number of thiophene rings is 1. The summed E-state index contributed by atoms with van der Waals surface area (Å²) in [5, 5.41) is 7.57. The first-order chi connectivity index (χ1) is 19.0. The van der Waals surface area contributed by atoms with E-state index in [4.69, 9.17) is 4.98 Å². The maximum atomic E-state index is 16.1. The highest BCUT2D eigenvalue weighted by Gasteiger charge is 2.22. The number of halogens is 1. The molecule has 1 saturated heterocycles. The van der Waals surface area contributed by atoms with Crippen molar-refractivity contribution in [3.8, 4) is 33.3 Å². The molecular weight excluding hydrogens is 515 g/mol. The van der Waals surface area contributed by atoms with E-state index < -0.39 is 5.82 Å². The van der Waals surface area contributed by atoms with Gasteiger partial charge in [-0.05, 0) is 62.7 Å². The summed E-state index contributed by atoms with van der Waals surface area (Å²) in [6, 6.07) is 7.42. The van der Waals surface area contributed by atoms with Gasteiger partial charge in [0.25, 0.3) is 0 Å². The van der Waals surface area contributed by atoms with Crippen LogP contribution in [0, 0.1) is 5.82 Å². The van der Waals surface area contributed by atoms with Crippen LogP contribution in [-0.2, 0) is 6.54 Å². The molecule has 9 nitrogen and oxygen atoms in total. The smallest absolute Gasteiger partial charge is 0.169 e. The molecule has 194 valence electrons. The van der Waals surface area contributed by atoms with Gasteiger partial charge < -0.3 is 4.98 Å². The SMILES string of the molecule is CC(=O)c1ccc(-c2nccc3[nH]c(-c4n[nH]c5cnc(-c6cncc(CN7CCCC7)c6)c(F)c45)nc23)s1. The normalized spacial score (nSPS) is 14.1. The Morgan fingerprint density at radius 1 is 1.05 bits per heavy atom. The number of carbonyl (C=O) groups is 1. The second-order valence-corrected chi connectivity index (χ2v) is 10.8. The van der Waals surface area contributed by atoms with Crippen molar-refractivity contribution in [2.75, 3.05) is 13.1 Å². The van der Waals surface area contributed by atoms with Crippen molar-refractivity contribution in [2.24, 2.45) is 0 Å². The molecule has 1 aliphatic heterocycles. The lowest BCUT2D eigenvalue weighted by atomic mass is 10.1. The minimum atomic E-state index is -0.487. The Kier molecular flexibility index (Phi) is 5.75. The molecule has 0 aromatic carbocycles. The van der Waals surface area contributed by atoms with Gasteiger partial charge in [-0.25, -0.2) is 9.37 Å². The molecule has 0 amide bonds. The highest BCUT2D eigenvalue weighted by atomic mass is 32.1. The maximum Gasteiger partial charge on any atom is 0.169 e. The molecule has 11 heteroatoms. The number of hydrogen-bond acceptors (Lipinski definition) is 8. The van der Waals surface area contributed by atoms with E-state index in [0.29, 0.717) is 44.1 Å². The van der Waals surface area contributed by atoms with Crippen LogP contribution in [0.1, 0.15) is 35.0 Å². The van der Waals surface area contributed by atoms with Crippen molar-refractivity contribution >= 4 is 39.1 Å². The molecule has 6 aromatic heterocycles. The lowest BCUT2D eigenvalue weighted by Gasteiger charge is -2.14. The monoisotopic (exact) mass is 538 g/mol. The fraction of sp³-hybridized carbons (Fsp3) is 0.214. The number of H-pyrrole nitrogens is 2. The van der Waals surface area contributed by atoms with Crippen LogP contribution in [0.5, 0.6) is 0 Å². The number of ketones is 1.